The largest absolute Gasteiger partial charge is 0.772 e. The van der Waals surface area contributed by atoms with Crippen LogP contribution in [0.2, 0.25) is 0 Å². The molecule has 0 saturated carbocycles. The second kappa shape index (κ2) is 3.75. The van der Waals surface area contributed by atoms with Gasteiger partial charge in [0.25, 0.3) is 0 Å². The van der Waals surface area contributed by atoms with Gasteiger partial charge in [0.15, 0.2) is 0 Å². The van der Waals surface area contributed by atoms with Crippen molar-refractivity contribution in [1.82, 2.24) is 9.55 Å². The number of rotatable bonds is 2. The van der Waals surface area contributed by atoms with Crippen molar-refractivity contribution in [3.63, 3.8) is 0 Å². The molecule has 0 aliphatic carbocycles. The minimum atomic E-state index is -2.08. The van der Waals surface area contributed by atoms with Gasteiger partial charge in [-0.3, -0.25) is 9.19 Å². The van der Waals surface area contributed by atoms with E-state index in [0.29, 0.717) is 5.69 Å². The van der Waals surface area contributed by atoms with Gasteiger partial charge in [0.1, 0.15) is 0 Å². The van der Waals surface area contributed by atoms with Crippen LogP contribution in [0.4, 0.5) is 0 Å². The summed E-state index contributed by atoms with van der Waals surface area (Å²) in [6, 6.07) is 3.78. The topological polar surface area (TPSA) is 57.9 Å². The van der Waals surface area contributed by atoms with E-state index in [1.165, 1.54) is 0 Å². The molecule has 2 rings (SSSR count). The third kappa shape index (κ3) is 1.93. The van der Waals surface area contributed by atoms with Crippen LogP contribution in [0.5, 0.6) is 0 Å². The molecule has 1 unspecified atom stereocenters. The Kier molecular flexibility index (Phi) is 2.58. The van der Waals surface area contributed by atoms with Gasteiger partial charge in [0, 0.05) is 18.6 Å². The molecular weight excluding hydrogens is 212 g/mol. The molecule has 0 amide bonds. The third-order valence-corrected chi connectivity index (χ3v) is 2.88. The maximum Gasteiger partial charge on any atom is 0.0694 e. The first kappa shape index (κ1) is 10.3. The highest BCUT2D eigenvalue weighted by molar-refractivity contribution is 7.78. The summed E-state index contributed by atoms with van der Waals surface area (Å²) in [6.07, 6.45) is 1.94. The van der Waals surface area contributed by atoms with Gasteiger partial charge in [-0.15, -0.1) is 0 Å². The van der Waals surface area contributed by atoms with Crippen LogP contribution in [0.3, 0.4) is 0 Å². The number of pyridine rings is 1. The van der Waals surface area contributed by atoms with Gasteiger partial charge in [0.2, 0.25) is 0 Å². The molecule has 0 saturated heterocycles. The van der Waals surface area contributed by atoms with Crippen molar-refractivity contribution in [1.29, 1.82) is 0 Å². The normalized spacial score (nSPS) is 13.3. The molecule has 0 spiro atoms. The lowest BCUT2D eigenvalue weighted by atomic mass is 10.2. The number of aromatic nitrogens is 2. The van der Waals surface area contributed by atoms with Gasteiger partial charge < -0.3 is 9.12 Å². The molecule has 0 bridgehead atoms. The van der Waals surface area contributed by atoms with E-state index in [2.05, 4.69) is 4.98 Å². The lowest BCUT2D eigenvalue weighted by molar-refractivity contribution is 0.535. The summed E-state index contributed by atoms with van der Waals surface area (Å²) in [5.74, 6) is -0.0221. The monoisotopic (exact) mass is 223 g/mol. The number of fused-ring (bicyclic) bond motifs is 1. The first-order valence-electron chi connectivity index (χ1n) is 4.55. The Morgan fingerprint density at radius 3 is 3.00 bits per heavy atom. The number of nitrogens with zero attached hydrogens (tertiary/aromatic N) is 2. The SMILES string of the molecule is Cc1nc(CS(=O)[O-])cc2ccn(C)c12. The molecule has 0 aliphatic heterocycles. The summed E-state index contributed by atoms with van der Waals surface area (Å²) in [6.45, 7) is 1.89. The fourth-order valence-corrected chi connectivity index (χ4v) is 2.19. The second-order valence-electron chi connectivity index (χ2n) is 3.51. The van der Waals surface area contributed by atoms with E-state index in [4.69, 9.17) is 0 Å². The predicted molar refractivity (Wildman–Crippen MR) is 58.1 cm³/mol. The van der Waals surface area contributed by atoms with Gasteiger partial charge in [0.05, 0.1) is 22.7 Å². The van der Waals surface area contributed by atoms with Crippen LogP contribution in [-0.4, -0.2) is 18.3 Å². The average Bonchev–Trinajstić information content (AvgIpc) is 2.46. The molecule has 0 radical (unpaired) electrons. The molecule has 0 fully saturated rings. The molecule has 4 nitrogen and oxygen atoms in total. The zero-order valence-corrected chi connectivity index (χ0v) is 9.37. The van der Waals surface area contributed by atoms with Crippen LogP contribution in [0.15, 0.2) is 18.3 Å². The summed E-state index contributed by atoms with van der Waals surface area (Å²) < 4.78 is 23.1. The van der Waals surface area contributed by atoms with Crippen molar-refractivity contribution in [2.24, 2.45) is 7.05 Å². The molecule has 0 N–H and O–H groups in total. The summed E-state index contributed by atoms with van der Waals surface area (Å²) in [5, 5.41) is 1.03. The third-order valence-electron chi connectivity index (χ3n) is 2.35. The lowest BCUT2D eigenvalue weighted by Gasteiger charge is -2.07. The van der Waals surface area contributed by atoms with Crippen LogP contribution < -0.4 is 0 Å². The van der Waals surface area contributed by atoms with Crippen molar-refractivity contribution in [3.05, 3.63) is 29.7 Å². The quantitative estimate of drug-likeness (QED) is 0.720. The Morgan fingerprint density at radius 1 is 1.60 bits per heavy atom. The fraction of sp³-hybridized carbons (Fsp3) is 0.300. The highest BCUT2D eigenvalue weighted by Crippen LogP contribution is 2.19. The van der Waals surface area contributed by atoms with Crippen LogP contribution >= 0.6 is 0 Å². The van der Waals surface area contributed by atoms with E-state index < -0.39 is 11.1 Å². The molecule has 2 aromatic rings. The van der Waals surface area contributed by atoms with E-state index in [1.54, 1.807) is 0 Å². The van der Waals surface area contributed by atoms with Crippen LogP contribution in [0.1, 0.15) is 11.4 Å². The second-order valence-corrected chi connectivity index (χ2v) is 4.41. The van der Waals surface area contributed by atoms with Crippen LogP contribution in [0, 0.1) is 6.92 Å². The zero-order chi connectivity index (χ0) is 11.0. The number of aryl methyl sites for hydroxylation is 2. The van der Waals surface area contributed by atoms with E-state index in [0.717, 1.165) is 16.6 Å². The summed E-state index contributed by atoms with van der Waals surface area (Å²) in [7, 11) is 1.95. The van der Waals surface area contributed by atoms with Crippen LogP contribution in [0.25, 0.3) is 10.9 Å². The molecular formula is C10H11N2O2S-. The van der Waals surface area contributed by atoms with E-state index >= 15 is 0 Å². The molecule has 5 heteroatoms. The van der Waals surface area contributed by atoms with Gasteiger partial charge in [-0.05, 0) is 30.1 Å². The molecule has 2 aromatic heterocycles. The maximum atomic E-state index is 10.6. The van der Waals surface area contributed by atoms with Gasteiger partial charge in [-0.25, -0.2) is 0 Å². The number of hydrogen-bond acceptors (Lipinski definition) is 3. The van der Waals surface area contributed by atoms with Crippen molar-refractivity contribution in [3.8, 4) is 0 Å². The minimum absolute atomic E-state index is 0.0221. The van der Waals surface area contributed by atoms with Gasteiger partial charge >= 0.3 is 0 Å². The highest BCUT2D eigenvalue weighted by atomic mass is 32.2. The van der Waals surface area contributed by atoms with Gasteiger partial charge in [-0.2, -0.15) is 0 Å². The standard InChI is InChI=1S/C10H12N2O2S/c1-7-10-8(3-4-12(10)2)5-9(11-7)6-15(13)14/h3-5H,6H2,1-2H3,(H,13,14)/p-1. The molecule has 15 heavy (non-hydrogen) atoms. The van der Waals surface area contributed by atoms with E-state index in [1.807, 2.05) is 36.9 Å². The predicted octanol–water partition coefficient (Wildman–Crippen LogP) is 1.26. The number of hydrogen-bond donors (Lipinski definition) is 0. The Labute approximate surface area is 90.2 Å². The Hall–Kier alpha value is -1.20. The first-order chi connectivity index (χ1) is 7.08. The Morgan fingerprint density at radius 2 is 2.33 bits per heavy atom. The zero-order valence-electron chi connectivity index (χ0n) is 8.56. The van der Waals surface area contributed by atoms with E-state index in [9.17, 15) is 8.76 Å². The molecule has 0 aliphatic rings. The molecule has 0 aromatic carbocycles. The summed E-state index contributed by atoms with van der Waals surface area (Å²) in [5.41, 5.74) is 2.51. The molecule has 80 valence electrons. The Bertz CT molecular complexity index is 533. The smallest absolute Gasteiger partial charge is 0.0694 e. The first-order valence-corrected chi connectivity index (χ1v) is 5.80. The molecule has 1 atom stereocenters. The highest BCUT2D eigenvalue weighted by Gasteiger charge is 2.05. The summed E-state index contributed by atoms with van der Waals surface area (Å²) >= 11 is -2.08. The minimum Gasteiger partial charge on any atom is -0.772 e. The average molecular weight is 223 g/mol. The van der Waals surface area contributed by atoms with E-state index in [-0.39, 0.29) is 5.75 Å². The van der Waals surface area contributed by atoms with Crippen molar-refractivity contribution in [2.75, 3.05) is 0 Å². The van der Waals surface area contributed by atoms with Gasteiger partial charge in [-0.1, -0.05) is 0 Å². The lowest BCUT2D eigenvalue weighted by Crippen LogP contribution is -1.99. The Balaban J connectivity index is 2.58. The summed E-state index contributed by atoms with van der Waals surface area (Å²) in [4.78, 5) is 4.26. The van der Waals surface area contributed by atoms with Crippen molar-refractivity contribution < 1.29 is 8.76 Å². The van der Waals surface area contributed by atoms with Crippen molar-refractivity contribution in [2.45, 2.75) is 12.7 Å². The van der Waals surface area contributed by atoms with Crippen LogP contribution in [-0.2, 0) is 23.9 Å². The van der Waals surface area contributed by atoms with Crippen molar-refractivity contribution >= 4 is 22.0 Å². The maximum absolute atomic E-state index is 10.6. The fourth-order valence-electron chi connectivity index (χ4n) is 1.80. The molecule has 2 heterocycles.